The molecule has 1 N–H and O–H groups in total. The van der Waals surface area contributed by atoms with Crippen LogP contribution in [0.25, 0.3) is 0 Å². The fourth-order valence-electron chi connectivity index (χ4n) is 2.39. The highest BCUT2D eigenvalue weighted by atomic mass is 35.5. The van der Waals surface area contributed by atoms with Crippen LogP contribution in [0.1, 0.15) is 19.3 Å². The maximum Gasteiger partial charge on any atom is 0.289 e. The average molecular weight is 297 g/mol. The number of nitro groups is 1. The molecule has 1 aliphatic heterocycles. The summed E-state index contributed by atoms with van der Waals surface area (Å²) in [6.07, 6.45) is 3.72. The van der Waals surface area contributed by atoms with Crippen LogP contribution >= 0.6 is 11.6 Å². The largest absolute Gasteiger partial charge is 0.364 e. The molecular formula is C12H13ClN4O3. The lowest BCUT2D eigenvalue weighted by Gasteiger charge is -2.16. The van der Waals surface area contributed by atoms with E-state index in [1.54, 1.807) is 0 Å². The summed E-state index contributed by atoms with van der Waals surface area (Å²) in [4.78, 5) is 27.7. The smallest absolute Gasteiger partial charge is 0.289 e. The summed E-state index contributed by atoms with van der Waals surface area (Å²) in [6, 6.07) is 1.61. The molecule has 7 nitrogen and oxygen atoms in total. The van der Waals surface area contributed by atoms with E-state index in [2.05, 4.69) is 10.3 Å². The number of anilines is 1. The minimum atomic E-state index is -0.545. The van der Waals surface area contributed by atoms with E-state index in [0.29, 0.717) is 24.8 Å². The maximum absolute atomic E-state index is 11.8. The minimum Gasteiger partial charge on any atom is -0.364 e. The van der Waals surface area contributed by atoms with Crippen LogP contribution < -0.4 is 5.32 Å². The standard InChI is InChI=1S/C12H13ClN4O3/c13-10-4-9(17(19)20)5-14-12(10)15-7-3-11(18)16(6-7)8-1-2-8/h4-5,7-8H,1-3,6H2,(H,14,15). The lowest BCUT2D eigenvalue weighted by Crippen LogP contribution is -2.29. The van der Waals surface area contributed by atoms with Crippen molar-refractivity contribution >= 4 is 29.0 Å². The highest BCUT2D eigenvalue weighted by Gasteiger charge is 2.39. The van der Waals surface area contributed by atoms with Crippen molar-refractivity contribution in [3.05, 3.63) is 27.4 Å². The Kier molecular flexibility index (Phi) is 3.21. The molecule has 3 rings (SSSR count). The first-order valence-electron chi connectivity index (χ1n) is 6.40. The Morgan fingerprint density at radius 3 is 2.85 bits per heavy atom. The van der Waals surface area contributed by atoms with Gasteiger partial charge < -0.3 is 10.2 Å². The van der Waals surface area contributed by atoms with Crippen molar-refractivity contribution in [3.8, 4) is 0 Å². The van der Waals surface area contributed by atoms with Gasteiger partial charge in [-0.25, -0.2) is 4.98 Å². The van der Waals surface area contributed by atoms with Crippen LogP contribution in [0.15, 0.2) is 12.3 Å². The van der Waals surface area contributed by atoms with Gasteiger partial charge in [-0.3, -0.25) is 14.9 Å². The molecule has 1 unspecified atom stereocenters. The molecule has 106 valence electrons. The lowest BCUT2D eigenvalue weighted by molar-refractivity contribution is -0.385. The Bertz CT molecular complexity index is 576. The topological polar surface area (TPSA) is 88.4 Å². The van der Waals surface area contributed by atoms with E-state index < -0.39 is 4.92 Å². The number of aromatic nitrogens is 1. The van der Waals surface area contributed by atoms with Crippen LogP contribution in [0.3, 0.4) is 0 Å². The number of amides is 1. The maximum atomic E-state index is 11.8. The average Bonchev–Trinajstić information content (AvgIpc) is 3.16. The molecule has 0 aromatic carbocycles. The number of halogens is 1. The van der Waals surface area contributed by atoms with Crippen molar-refractivity contribution in [2.45, 2.75) is 31.3 Å². The molecule has 1 saturated heterocycles. The van der Waals surface area contributed by atoms with Crippen LogP contribution in [0.4, 0.5) is 11.5 Å². The minimum absolute atomic E-state index is 0.0467. The summed E-state index contributed by atoms with van der Waals surface area (Å²) in [5.74, 6) is 0.524. The Balaban J connectivity index is 1.69. The van der Waals surface area contributed by atoms with E-state index in [1.165, 1.54) is 6.07 Å². The molecule has 1 aromatic rings. The Morgan fingerprint density at radius 1 is 1.50 bits per heavy atom. The second-order valence-corrected chi connectivity index (χ2v) is 5.51. The second kappa shape index (κ2) is 4.90. The number of hydrogen-bond acceptors (Lipinski definition) is 5. The number of nitrogens with zero attached hydrogens (tertiary/aromatic N) is 3. The van der Waals surface area contributed by atoms with Crippen LogP contribution in [-0.2, 0) is 4.79 Å². The van der Waals surface area contributed by atoms with Gasteiger partial charge in [0.25, 0.3) is 5.69 Å². The van der Waals surface area contributed by atoms with Crippen molar-refractivity contribution < 1.29 is 9.72 Å². The summed E-state index contributed by atoms with van der Waals surface area (Å²) in [7, 11) is 0. The second-order valence-electron chi connectivity index (χ2n) is 5.10. The lowest BCUT2D eigenvalue weighted by atomic mass is 10.2. The van der Waals surface area contributed by atoms with Gasteiger partial charge in [-0.2, -0.15) is 0 Å². The first-order chi connectivity index (χ1) is 9.54. The van der Waals surface area contributed by atoms with E-state index in [0.717, 1.165) is 19.0 Å². The number of nitrogens with one attached hydrogen (secondary N) is 1. The summed E-state index contributed by atoms with van der Waals surface area (Å²) < 4.78 is 0. The monoisotopic (exact) mass is 296 g/mol. The van der Waals surface area contributed by atoms with Crippen LogP contribution in [-0.4, -0.2) is 39.3 Å². The summed E-state index contributed by atoms with van der Waals surface area (Å²) >= 11 is 5.97. The molecule has 1 saturated carbocycles. The van der Waals surface area contributed by atoms with Crippen molar-refractivity contribution in [1.29, 1.82) is 0 Å². The zero-order chi connectivity index (χ0) is 14.3. The van der Waals surface area contributed by atoms with Crippen molar-refractivity contribution in [3.63, 3.8) is 0 Å². The Hall–Kier alpha value is -1.89. The van der Waals surface area contributed by atoms with Gasteiger partial charge in [-0.1, -0.05) is 11.6 Å². The number of pyridine rings is 1. The van der Waals surface area contributed by atoms with Crippen LogP contribution in [0.2, 0.25) is 5.02 Å². The van der Waals surface area contributed by atoms with E-state index in [4.69, 9.17) is 11.6 Å². The summed E-state index contributed by atoms with van der Waals surface area (Å²) in [6.45, 7) is 0.637. The third kappa shape index (κ3) is 2.53. The van der Waals surface area contributed by atoms with Gasteiger partial charge >= 0.3 is 0 Å². The number of hydrogen-bond donors (Lipinski definition) is 1. The predicted octanol–water partition coefficient (Wildman–Crippen LogP) is 1.82. The number of carbonyl (C=O) groups is 1. The first-order valence-corrected chi connectivity index (χ1v) is 6.78. The summed E-state index contributed by atoms with van der Waals surface area (Å²) in [5.41, 5.74) is -0.150. The van der Waals surface area contributed by atoms with Gasteiger partial charge in [-0.15, -0.1) is 0 Å². The van der Waals surface area contributed by atoms with Gasteiger partial charge in [0.15, 0.2) is 0 Å². The van der Waals surface area contributed by atoms with Crippen molar-refractivity contribution in [1.82, 2.24) is 9.88 Å². The molecule has 0 spiro atoms. The highest BCUT2D eigenvalue weighted by molar-refractivity contribution is 6.33. The van der Waals surface area contributed by atoms with E-state index in [1.807, 2.05) is 4.90 Å². The molecule has 1 aliphatic carbocycles. The van der Waals surface area contributed by atoms with Gasteiger partial charge in [-0.05, 0) is 12.8 Å². The normalized spacial score (nSPS) is 22.1. The molecule has 1 aromatic heterocycles. The van der Waals surface area contributed by atoms with E-state index >= 15 is 0 Å². The zero-order valence-corrected chi connectivity index (χ0v) is 11.3. The summed E-state index contributed by atoms with van der Waals surface area (Å²) in [5, 5.41) is 13.9. The molecule has 20 heavy (non-hydrogen) atoms. The quantitative estimate of drug-likeness (QED) is 0.676. The van der Waals surface area contributed by atoms with Gasteiger partial charge in [0.1, 0.15) is 12.0 Å². The van der Waals surface area contributed by atoms with Gasteiger partial charge in [0, 0.05) is 25.1 Å². The molecule has 8 heteroatoms. The van der Waals surface area contributed by atoms with Gasteiger partial charge in [0.05, 0.1) is 16.0 Å². The third-order valence-electron chi connectivity index (χ3n) is 3.52. The molecule has 2 fully saturated rings. The number of rotatable bonds is 4. The van der Waals surface area contributed by atoms with Crippen molar-refractivity contribution in [2.75, 3.05) is 11.9 Å². The fraction of sp³-hybridized carbons (Fsp3) is 0.500. The fourth-order valence-corrected chi connectivity index (χ4v) is 2.61. The molecule has 2 aliphatic rings. The molecule has 0 radical (unpaired) electrons. The third-order valence-corrected chi connectivity index (χ3v) is 3.81. The van der Waals surface area contributed by atoms with Gasteiger partial charge in [0.2, 0.25) is 5.91 Å². The Morgan fingerprint density at radius 2 is 2.25 bits per heavy atom. The number of likely N-dealkylation sites (tertiary alicyclic amines) is 1. The van der Waals surface area contributed by atoms with Crippen LogP contribution in [0, 0.1) is 10.1 Å². The SMILES string of the molecule is O=C1CC(Nc2ncc([N+](=O)[O-])cc2Cl)CN1C1CC1. The van der Waals surface area contributed by atoms with E-state index in [9.17, 15) is 14.9 Å². The molecule has 0 bridgehead atoms. The molecule has 1 amide bonds. The molecule has 2 heterocycles. The number of carbonyl (C=O) groups excluding carboxylic acids is 1. The first kappa shape index (κ1) is 13.1. The zero-order valence-electron chi connectivity index (χ0n) is 10.6. The Labute approximate surface area is 120 Å². The highest BCUT2D eigenvalue weighted by Crippen LogP contribution is 2.32. The molecule has 1 atom stereocenters. The van der Waals surface area contributed by atoms with Crippen LogP contribution in [0.5, 0.6) is 0 Å². The predicted molar refractivity (Wildman–Crippen MR) is 72.7 cm³/mol. The van der Waals surface area contributed by atoms with Crippen molar-refractivity contribution in [2.24, 2.45) is 0 Å². The van der Waals surface area contributed by atoms with E-state index in [-0.39, 0.29) is 22.7 Å². The molecular weight excluding hydrogens is 284 g/mol.